The first-order valence-electron chi connectivity index (χ1n) is 10.7. The lowest BCUT2D eigenvalue weighted by Gasteiger charge is -2.07. The summed E-state index contributed by atoms with van der Waals surface area (Å²) in [5.41, 5.74) is 3.39. The van der Waals surface area contributed by atoms with Crippen molar-refractivity contribution >= 4 is 35.4 Å². The van der Waals surface area contributed by atoms with Crippen LogP contribution in [0.4, 0.5) is 11.4 Å². The van der Waals surface area contributed by atoms with Crippen LogP contribution < -0.4 is 15.5 Å². The third-order valence-electron chi connectivity index (χ3n) is 4.93. The fraction of sp³-hybridized carbons (Fsp3) is 0. The lowest BCUT2D eigenvalue weighted by molar-refractivity contribution is -0.384. The van der Waals surface area contributed by atoms with Crippen LogP contribution in [0.5, 0.6) is 5.75 Å². The Hall–Kier alpha value is -5.58. The summed E-state index contributed by atoms with van der Waals surface area (Å²) >= 11 is 0. The van der Waals surface area contributed by atoms with Crippen molar-refractivity contribution in [1.82, 2.24) is 5.43 Å². The lowest BCUT2D eigenvalue weighted by Crippen LogP contribution is -2.18. The summed E-state index contributed by atoms with van der Waals surface area (Å²) in [4.78, 5) is 47.3. The van der Waals surface area contributed by atoms with Crippen LogP contribution in [0.2, 0.25) is 0 Å². The molecule has 0 saturated heterocycles. The molecular weight excluding hydrogens is 480 g/mol. The van der Waals surface area contributed by atoms with Gasteiger partial charge in [0.05, 0.1) is 23.0 Å². The van der Waals surface area contributed by atoms with Crippen LogP contribution in [0.25, 0.3) is 0 Å². The number of non-ortho nitro benzene ring substituents is 1. The van der Waals surface area contributed by atoms with Gasteiger partial charge in [0.2, 0.25) is 0 Å². The van der Waals surface area contributed by atoms with Crippen LogP contribution in [-0.4, -0.2) is 28.9 Å². The van der Waals surface area contributed by atoms with Gasteiger partial charge in [-0.05, 0) is 54.6 Å². The largest absolute Gasteiger partial charge is 0.459 e. The number of para-hydroxylation sites is 1. The quantitative estimate of drug-likeness (QED) is 0.120. The van der Waals surface area contributed by atoms with Crippen molar-refractivity contribution < 1.29 is 28.5 Å². The van der Waals surface area contributed by atoms with Crippen LogP contribution in [0.1, 0.15) is 36.8 Å². The Morgan fingerprint density at radius 1 is 0.892 bits per heavy atom. The molecule has 11 nitrogen and oxygen atoms in total. The summed E-state index contributed by atoms with van der Waals surface area (Å²) in [6, 6.07) is 20.9. The van der Waals surface area contributed by atoms with E-state index in [-0.39, 0.29) is 28.3 Å². The molecule has 184 valence electrons. The Kier molecular flexibility index (Phi) is 7.45. The van der Waals surface area contributed by atoms with Crippen molar-refractivity contribution in [3.8, 4) is 5.75 Å². The second-order valence-corrected chi connectivity index (χ2v) is 7.44. The van der Waals surface area contributed by atoms with E-state index in [4.69, 9.17) is 9.15 Å². The van der Waals surface area contributed by atoms with Crippen LogP contribution in [-0.2, 0) is 0 Å². The van der Waals surface area contributed by atoms with Gasteiger partial charge in [0.25, 0.3) is 17.5 Å². The van der Waals surface area contributed by atoms with Crippen LogP contribution in [0, 0.1) is 10.1 Å². The van der Waals surface area contributed by atoms with Crippen LogP contribution in [0.3, 0.4) is 0 Å². The molecule has 11 heteroatoms. The maximum absolute atomic E-state index is 12.5. The van der Waals surface area contributed by atoms with E-state index in [0.717, 1.165) is 0 Å². The number of hydrogen-bond acceptors (Lipinski definition) is 8. The number of nitro benzene ring substituents is 1. The smallest absolute Gasteiger partial charge is 0.343 e. The number of ether oxygens (including phenoxy) is 1. The molecule has 1 heterocycles. The minimum Gasteiger partial charge on any atom is -0.459 e. The minimum absolute atomic E-state index is 0.129. The van der Waals surface area contributed by atoms with E-state index >= 15 is 0 Å². The molecular formula is C26H18N4O7. The SMILES string of the molecule is O=C(NN=Cc1ccccc1OC(=O)c1ccc([N+](=O)[O-])cc1)c1cccc(NC(=O)c2ccco2)c1. The highest BCUT2D eigenvalue weighted by molar-refractivity contribution is 6.03. The number of anilines is 1. The number of furan rings is 1. The molecule has 0 aliphatic heterocycles. The standard InChI is InChI=1S/C26H18N4O7/c31-24(18-6-3-7-20(15-18)28-25(32)23-9-4-14-36-23)29-27-16-19-5-1-2-8-22(19)37-26(33)17-10-12-21(13-11-17)30(34)35/h1-16H,(H,28,32)(H,29,31). The molecule has 0 bridgehead atoms. The Morgan fingerprint density at radius 3 is 2.41 bits per heavy atom. The van der Waals surface area contributed by atoms with Crippen molar-refractivity contribution in [3.63, 3.8) is 0 Å². The fourth-order valence-electron chi connectivity index (χ4n) is 3.12. The average molecular weight is 498 g/mol. The number of nitro groups is 1. The van der Waals surface area contributed by atoms with Gasteiger partial charge in [0, 0.05) is 28.9 Å². The molecule has 0 aliphatic rings. The summed E-state index contributed by atoms with van der Waals surface area (Å²) in [7, 11) is 0. The number of carbonyl (C=O) groups is 3. The van der Waals surface area contributed by atoms with Crippen molar-refractivity contribution in [3.05, 3.63) is 124 Å². The van der Waals surface area contributed by atoms with E-state index in [2.05, 4.69) is 15.8 Å². The summed E-state index contributed by atoms with van der Waals surface area (Å²) in [6.45, 7) is 0. The molecule has 0 radical (unpaired) electrons. The maximum Gasteiger partial charge on any atom is 0.343 e. The van der Waals surface area contributed by atoms with Crippen molar-refractivity contribution in [1.29, 1.82) is 0 Å². The first-order valence-corrected chi connectivity index (χ1v) is 10.7. The normalized spacial score (nSPS) is 10.6. The highest BCUT2D eigenvalue weighted by Gasteiger charge is 2.14. The number of benzene rings is 3. The number of amides is 2. The molecule has 4 aromatic rings. The zero-order chi connectivity index (χ0) is 26.2. The van der Waals surface area contributed by atoms with Crippen LogP contribution in [0.15, 0.2) is 101 Å². The van der Waals surface area contributed by atoms with Gasteiger partial charge in [-0.3, -0.25) is 19.7 Å². The van der Waals surface area contributed by atoms with Crippen molar-refractivity contribution in [2.75, 3.05) is 5.32 Å². The monoisotopic (exact) mass is 498 g/mol. The maximum atomic E-state index is 12.5. The lowest BCUT2D eigenvalue weighted by atomic mass is 10.2. The highest BCUT2D eigenvalue weighted by atomic mass is 16.6. The van der Waals surface area contributed by atoms with E-state index < -0.39 is 22.7 Å². The average Bonchev–Trinajstić information content (AvgIpc) is 3.45. The van der Waals surface area contributed by atoms with Gasteiger partial charge >= 0.3 is 5.97 Å². The molecule has 1 aromatic heterocycles. The summed E-state index contributed by atoms with van der Waals surface area (Å²) in [5.74, 6) is -1.40. The predicted molar refractivity (Wildman–Crippen MR) is 133 cm³/mol. The topological polar surface area (TPSA) is 153 Å². The summed E-state index contributed by atoms with van der Waals surface area (Å²) in [5, 5.41) is 17.3. The van der Waals surface area contributed by atoms with Gasteiger partial charge in [-0.15, -0.1) is 0 Å². The van der Waals surface area contributed by atoms with Gasteiger partial charge in [0.1, 0.15) is 5.75 Å². The van der Waals surface area contributed by atoms with Gasteiger partial charge in [-0.2, -0.15) is 5.10 Å². The minimum atomic E-state index is -0.715. The Balaban J connectivity index is 1.39. The van der Waals surface area contributed by atoms with E-state index in [1.54, 1.807) is 42.5 Å². The third-order valence-corrected chi connectivity index (χ3v) is 4.93. The number of esters is 1. The molecule has 0 spiro atoms. The molecule has 0 fully saturated rings. The van der Waals surface area contributed by atoms with Gasteiger partial charge in [-0.1, -0.05) is 18.2 Å². The number of carbonyl (C=O) groups excluding carboxylic acids is 3. The summed E-state index contributed by atoms with van der Waals surface area (Å²) in [6.07, 6.45) is 2.68. The molecule has 3 aromatic carbocycles. The molecule has 2 amide bonds. The van der Waals surface area contributed by atoms with Crippen LogP contribution >= 0.6 is 0 Å². The van der Waals surface area contributed by atoms with Crippen molar-refractivity contribution in [2.24, 2.45) is 5.10 Å². The number of nitrogens with one attached hydrogen (secondary N) is 2. The summed E-state index contributed by atoms with van der Waals surface area (Å²) < 4.78 is 10.4. The van der Waals surface area contributed by atoms with Gasteiger partial charge in [-0.25, -0.2) is 10.2 Å². The predicted octanol–water partition coefficient (Wildman–Crippen LogP) is 4.42. The molecule has 0 unspecified atom stereocenters. The molecule has 4 rings (SSSR count). The van der Waals surface area contributed by atoms with E-state index in [0.29, 0.717) is 11.3 Å². The zero-order valence-corrected chi connectivity index (χ0v) is 19.0. The fourth-order valence-corrected chi connectivity index (χ4v) is 3.12. The number of rotatable bonds is 8. The van der Waals surface area contributed by atoms with E-state index in [9.17, 15) is 24.5 Å². The number of hydrogen-bond donors (Lipinski definition) is 2. The third kappa shape index (κ3) is 6.31. The highest BCUT2D eigenvalue weighted by Crippen LogP contribution is 2.19. The number of nitrogens with zero attached hydrogens (tertiary/aromatic N) is 2. The molecule has 0 atom stereocenters. The zero-order valence-electron chi connectivity index (χ0n) is 19.0. The Morgan fingerprint density at radius 2 is 1.68 bits per heavy atom. The van der Waals surface area contributed by atoms with E-state index in [1.807, 2.05) is 0 Å². The molecule has 0 aliphatic carbocycles. The van der Waals surface area contributed by atoms with Crippen molar-refractivity contribution in [2.45, 2.75) is 0 Å². The van der Waals surface area contributed by atoms with E-state index in [1.165, 1.54) is 54.9 Å². The molecule has 2 N–H and O–H groups in total. The van der Waals surface area contributed by atoms with Gasteiger partial charge < -0.3 is 14.5 Å². The Bertz CT molecular complexity index is 1480. The second kappa shape index (κ2) is 11.2. The van der Waals surface area contributed by atoms with Gasteiger partial charge in [0.15, 0.2) is 5.76 Å². The molecule has 37 heavy (non-hydrogen) atoms. The first kappa shape index (κ1) is 24.5. The first-order chi connectivity index (χ1) is 17.9. The second-order valence-electron chi connectivity index (χ2n) is 7.44. The molecule has 0 saturated carbocycles. The Labute approximate surface area is 209 Å². The number of hydrazone groups is 1.